The number of nitrogens with one attached hydrogen (secondary N) is 1. The monoisotopic (exact) mass is 341 g/mol. The maximum absolute atomic E-state index is 13.3. The number of nitrogens with zero attached hydrogens (tertiary/aromatic N) is 4. The third kappa shape index (κ3) is 4.37. The molecule has 0 aliphatic heterocycles. The Hall–Kier alpha value is -3.29. The second-order valence-corrected chi connectivity index (χ2v) is 5.37. The maximum Gasteiger partial charge on any atom is 0.258 e. The minimum atomic E-state index is -0.394. The van der Waals surface area contributed by atoms with Crippen molar-refractivity contribution >= 4 is 5.91 Å². The van der Waals surface area contributed by atoms with Crippen molar-refractivity contribution in [2.24, 2.45) is 0 Å². The van der Waals surface area contributed by atoms with E-state index in [-0.39, 0.29) is 19.1 Å². The van der Waals surface area contributed by atoms with Gasteiger partial charge in [0.1, 0.15) is 11.6 Å². The third-order valence-corrected chi connectivity index (χ3v) is 3.39. The Morgan fingerprint density at radius 1 is 1.24 bits per heavy atom. The van der Waals surface area contributed by atoms with Gasteiger partial charge in [0.25, 0.3) is 5.91 Å². The van der Waals surface area contributed by atoms with Gasteiger partial charge in [-0.25, -0.2) is 4.39 Å². The Kier molecular flexibility index (Phi) is 4.98. The lowest BCUT2D eigenvalue weighted by Crippen LogP contribution is -2.29. The van der Waals surface area contributed by atoms with Crippen molar-refractivity contribution < 1.29 is 13.9 Å². The van der Waals surface area contributed by atoms with E-state index in [2.05, 4.69) is 20.8 Å². The molecule has 0 saturated carbocycles. The van der Waals surface area contributed by atoms with Gasteiger partial charge in [0.2, 0.25) is 0 Å². The molecule has 0 unspecified atom stereocenters. The van der Waals surface area contributed by atoms with Crippen LogP contribution in [-0.4, -0.2) is 32.7 Å². The average Bonchev–Trinajstić information content (AvgIpc) is 3.07. The molecule has 0 bridgehead atoms. The fraction of sp³-hybridized carbons (Fsp3) is 0.176. The van der Waals surface area contributed by atoms with Gasteiger partial charge in [0.15, 0.2) is 12.4 Å². The summed E-state index contributed by atoms with van der Waals surface area (Å²) in [6.07, 6.45) is 0. The number of halogens is 1. The first-order valence-electron chi connectivity index (χ1n) is 7.61. The molecule has 1 heterocycles. The van der Waals surface area contributed by atoms with Gasteiger partial charge < -0.3 is 10.1 Å². The van der Waals surface area contributed by atoms with E-state index in [1.54, 1.807) is 18.2 Å². The van der Waals surface area contributed by atoms with E-state index in [9.17, 15) is 9.18 Å². The smallest absolute Gasteiger partial charge is 0.258 e. The topological polar surface area (TPSA) is 81.9 Å². The Morgan fingerprint density at radius 3 is 2.88 bits per heavy atom. The average molecular weight is 341 g/mol. The predicted octanol–water partition coefficient (Wildman–Crippen LogP) is 1.81. The van der Waals surface area contributed by atoms with Gasteiger partial charge in [-0.15, -0.1) is 5.10 Å². The molecule has 1 aromatic heterocycles. The van der Waals surface area contributed by atoms with Crippen LogP contribution in [0.3, 0.4) is 0 Å². The lowest BCUT2D eigenvalue weighted by Gasteiger charge is -2.08. The van der Waals surface area contributed by atoms with E-state index in [1.807, 2.05) is 25.1 Å². The number of amides is 1. The summed E-state index contributed by atoms with van der Waals surface area (Å²) < 4.78 is 20.1. The molecular formula is C17H16FN5O2. The number of hydrogen-bond donors (Lipinski definition) is 1. The van der Waals surface area contributed by atoms with E-state index >= 15 is 0 Å². The number of hydrogen-bond acceptors (Lipinski definition) is 5. The molecule has 3 aromatic rings. The lowest BCUT2D eigenvalue weighted by atomic mass is 10.2. The summed E-state index contributed by atoms with van der Waals surface area (Å²) in [5.41, 5.74) is 1.53. The largest absolute Gasteiger partial charge is 0.484 e. The predicted molar refractivity (Wildman–Crippen MR) is 87.6 cm³/mol. The van der Waals surface area contributed by atoms with Crippen molar-refractivity contribution in [3.63, 3.8) is 0 Å². The summed E-state index contributed by atoms with van der Waals surface area (Å²) in [5, 5.41) is 13.9. The first kappa shape index (κ1) is 16.6. The van der Waals surface area contributed by atoms with Crippen molar-refractivity contribution in [2.75, 3.05) is 6.61 Å². The molecule has 0 aliphatic rings. The van der Waals surface area contributed by atoms with Gasteiger partial charge >= 0.3 is 0 Å². The van der Waals surface area contributed by atoms with Crippen LogP contribution in [0.4, 0.5) is 4.39 Å². The van der Waals surface area contributed by atoms with Crippen LogP contribution in [0.5, 0.6) is 5.75 Å². The van der Waals surface area contributed by atoms with E-state index in [4.69, 9.17) is 4.74 Å². The minimum absolute atomic E-state index is 0.0968. The Balaban J connectivity index is 1.57. The van der Waals surface area contributed by atoms with Gasteiger partial charge in [-0.1, -0.05) is 18.2 Å². The highest BCUT2D eigenvalue weighted by molar-refractivity contribution is 5.77. The SMILES string of the molecule is Cc1cccc(OCC(=O)NCc2nnnn2-c2cccc(F)c2)c1. The molecule has 2 aromatic carbocycles. The second-order valence-electron chi connectivity index (χ2n) is 5.37. The molecule has 0 spiro atoms. The molecule has 1 N–H and O–H groups in total. The van der Waals surface area contributed by atoms with Gasteiger partial charge in [-0.2, -0.15) is 4.68 Å². The molecule has 0 saturated heterocycles. The van der Waals surface area contributed by atoms with Crippen molar-refractivity contribution in [3.8, 4) is 11.4 Å². The van der Waals surface area contributed by atoms with Crippen molar-refractivity contribution in [1.29, 1.82) is 0 Å². The highest BCUT2D eigenvalue weighted by atomic mass is 19.1. The molecule has 3 rings (SSSR count). The fourth-order valence-electron chi connectivity index (χ4n) is 2.21. The zero-order valence-corrected chi connectivity index (χ0v) is 13.5. The quantitative estimate of drug-likeness (QED) is 0.739. The molecule has 0 atom stereocenters. The summed E-state index contributed by atoms with van der Waals surface area (Å²) in [6.45, 7) is 1.92. The Bertz CT molecular complexity index is 881. The fourth-order valence-corrected chi connectivity index (χ4v) is 2.21. The van der Waals surface area contributed by atoms with Crippen LogP contribution in [0.1, 0.15) is 11.4 Å². The van der Waals surface area contributed by atoms with Crippen LogP contribution in [0.2, 0.25) is 0 Å². The number of tetrazole rings is 1. The highest BCUT2D eigenvalue weighted by Crippen LogP contribution is 2.12. The van der Waals surface area contributed by atoms with E-state index < -0.39 is 5.82 Å². The Morgan fingerprint density at radius 2 is 2.08 bits per heavy atom. The molecule has 128 valence electrons. The maximum atomic E-state index is 13.3. The Labute approximate surface area is 143 Å². The van der Waals surface area contributed by atoms with Gasteiger partial charge in [0, 0.05) is 0 Å². The standard InChI is InChI=1S/C17H16FN5O2/c1-12-4-2-7-15(8-12)25-11-17(24)19-10-16-20-21-22-23(16)14-6-3-5-13(18)9-14/h2-9H,10-11H2,1H3,(H,19,24). The normalized spacial score (nSPS) is 10.5. The summed E-state index contributed by atoms with van der Waals surface area (Å²) in [6, 6.07) is 13.3. The van der Waals surface area contributed by atoms with Crippen LogP contribution in [0.25, 0.3) is 5.69 Å². The van der Waals surface area contributed by atoms with Crippen molar-refractivity contribution in [3.05, 3.63) is 65.7 Å². The highest BCUT2D eigenvalue weighted by Gasteiger charge is 2.11. The number of carbonyl (C=O) groups excluding carboxylic acids is 1. The van der Waals surface area contributed by atoms with E-state index in [0.717, 1.165) is 5.56 Å². The molecule has 25 heavy (non-hydrogen) atoms. The third-order valence-electron chi connectivity index (χ3n) is 3.39. The van der Waals surface area contributed by atoms with Gasteiger partial charge in [0.05, 0.1) is 12.2 Å². The van der Waals surface area contributed by atoms with Crippen molar-refractivity contribution in [2.45, 2.75) is 13.5 Å². The lowest BCUT2D eigenvalue weighted by molar-refractivity contribution is -0.123. The van der Waals surface area contributed by atoms with Crippen molar-refractivity contribution in [1.82, 2.24) is 25.5 Å². The molecule has 7 nitrogen and oxygen atoms in total. The van der Waals surface area contributed by atoms with Crippen LogP contribution in [-0.2, 0) is 11.3 Å². The molecule has 0 aliphatic carbocycles. The summed E-state index contributed by atoms with van der Waals surface area (Å²) in [4.78, 5) is 11.9. The summed E-state index contributed by atoms with van der Waals surface area (Å²) >= 11 is 0. The molecule has 0 fully saturated rings. The first-order chi connectivity index (χ1) is 12.1. The van der Waals surface area contributed by atoms with E-state index in [0.29, 0.717) is 17.3 Å². The number of carbonyl (C=O) groups is 1. The van der Waals surface area contributed by atoms with E-state index in [1.165, 1.54) is 16.8 Å². The van der Waals surface area contributed by atoms with Crippen LogP contribution >= 0.6 is 0 Å². The minimum Gasteiger partial charge on any atom is -0.484 e. The molecule has 1 amide bonds. The summed E-state index contributed by atoms with van der Waals surface area (Å²) in [5.74, 6) is 0.305. The zero-order valence-electron chi connectivity index (χ0n) is 13.5. The first-order valence-corrected chi connectivity index (χ1v) is 7.61. The zero-order chi connectivity index (χ0) is 17.6. The molecular weight excluding hydrogens is 325 g/mol. The van der Waals surface area contributed by atoms with Crippen LogP contribution in [0.15, 0.2) is 48.5 Å². The number of benzene rings is 2. The van der Waals surface area contributed by atoms with Crippen LogP contribution in [0, 0.1) is 12.7 Å². The number of rotatable bonds is 6. The number of aryl methyl sites for hydroxylation is 1. The molecule has 8 heteroatoms. The van der Waals surface area contributed by atoms with Gasteiger partial charge in [-0.05, 0) is 53.2 Å². The molecule has 0 radical (unpaired) electrons. The number of aromatic nitrogens is 4. The second kappa shape index (κ2) is 7.52. The van der Waals surface area contributed by atoms with Gasteiger partial charge in [-0.3, -0.25) is 4.79 Å². The van der Waals surface area contributed by atoms with Crippen LogP contribution < -0.4 is 10.1 Å². The summed E-state index contributed by atoms with van der Waals surface area (Å²) in [7, 11) is 0. The number of ether oxygens (including phenoxy) is 1.